The van der Waals surface area contributed by atoms with Gasteiger partial charge in [0, 0.05) is 24.2 Å². The fourth-order valence-electron chi connectivity index (χ4n) is 4.95. The topological polar surface area (TPSA) is 159 Å². The van der Waals surface area contributed by atoms with Crippen LogP contribution < -0.4 is 4.74 Å². The van der Waals surface area contributed by atoms with Gasteiger partial charge in [0.05, 0.1) is 22.3 Å². The van der Waals surface area contributed by atoms with E-state index in [-0.39, 0.29) is 35.3 Å². The number of ketones is 1. The van der Waals surface area contributed by atoms with Crippen molar-refractivity contribution in [2.45, 2.75) is 13.1 Å². The standard InChI is InChI=1S/C37H27NO9/c39-33(26-14-18-30(36(43)44)32(20-26)37(45)46)25-13-17-29(35(41)42)31(19-25)34(40)38(21-23-7-3-1-4-8-23)22-24-11-15-28(16-12-24)47-27-9-5-2-6-10-27/h1-20H,21-22H2,(H,41,42)(H,43,44)(H,45,46). The number of carboxylic acid groups (broad SMARTS) is 3. The lowest BCUT2D eigenvalue weighted by molar-refractivity contribution is 0.0651. The molecule has 10 nitrogen and oxygen atoms in total. The minimum atomic E-state index is -1.54. The summed E-state index contributed by atoms with van der Waals surface area (Å²) in [6.07, 6.45) is 0. The summed E-state index contributed by atoms with van der Waals surface area (Å²) in [7, 11) is 0. The maximum atomic E-state index is 14.1. The Hall–Kier alpha value is -6.55. The minimum Gasteiger partial charge on any atom is -0.478 e. The Morgan fingerprint density at radius 3 is 1.47 bits per heavy atom. The van der Waals surface area contributed by atoms with E-state index in [0.29, 0.717) is 11.5 Å². The highest BCUT2D eigenvalue weighted by molar-refractivity contribution is 6.13. The van der Waals surface area contributed by atoms with Crippen LogP contribution in [-0.4, -0.2) is 49.8 Å². The number of aromatic carboxylic acids is 3. The van der Waals surface area contributed by atoms with Crippen LogP contribution in [0.3, 0.4) is 0 Å². The number of benzene rings is 5. The average molecular weight is 630 g/mol. The van der Waals surface area contributed by atoms with Gasteiger partial charge < -0.3 is 25.0 Å². The normalized spacial score (nSPS) is 10.6. The van der Waals surface area contributed by atoms with E-state index in [1.807, 2.05) is 60.7 Å². The van der Waals surface area contributed by atoms with E-state index in [2.05, 4.69) is 0 Å². The van der Waals surface area contributed by atoms with Gasteiger partial charge in [-0.1, -0.05) is 72.8 Å². The van der Waals surface area contributed by atoms with E-state index in [4.69, 9.17) is 4.74 Å². The van der Waals surface area contributed by atoms with E-state index >= 15 is 0 Å². The van der Waals surface area contributed by atoms with Crippen molar-refractivity contribution in [1.82, 2.24) is 4.90 Å². The SMILES string of the molecule is O=C(c1ccc(C(=O)O)c(C(=O)O)c1)c1ccc(C(=O)O)c(C(=O)N(Cc2ccccc2)Cc2ccc(Oc3ccccc3)cc2)c1. The highest BCUT2D eigenvalue weighted by Crippen LogP contribution is 2.25. The fraction of sp³-hybridized carbons (Fsp3) is 0.0541. The molecule has 0 bridgehead atoms. The first-order chi connectivity index (χ1) is 22.6. The van der Waals surface area contributed by atoms with Gasteiger partial charge in [-0.2, -0.15) is 0 Å². The summed E-state index contributed by atoms with van der Waals surface area (Å²) in [5.41, 5.74) is -0.370. The van der Waals surface area contributed by atoms with Gasteiger partial charge in [0.2, 0.25) is 0 Å². The smallest absolute Gasteiger partial charge is 0.336 e. The van der Waals surface area contributed by atoms with Crippen molar-refractivity contribution >= 4 is 29.6 Å². The zero-order chi connectivity index (χ0) is 33.5. The molecule has 0 aromatic heterocycles. The number of ether oxygens (including phenoxy) is 1. The molecule has 5 rings (SSSR count). The summed E-state index contributed by atoms with van der Waals surface area (Å²) in [4.78, 5) is 64.4. The van der Waals surface area contributed by atoms with Gasteiger partial charge in [-0.25, -0.2) is 14.4 Å². The number of carbonyl (C=O) groups is 5. The predicted molar refractivity (Wildman–Crippen MR) is 170 cm³/mol. The molecule has 0 radical (unpaired) electrons. The Kier molecular flexibility index (Phi) is 9.52. The molecule has 0 atom stereocenters. The zero-order valence-corrected chi connectivity index (χ0v) is 24.7. The largest absolute Gasteiger partial charge is 0.478 e. The first kappa shape index (κ1) is 31.9. The van der Waals surface area contributed by atoms with Gasteiger partial charge in [-0.05, 0) is 59.7 Å². The maximum absolute atomic E-state index is 14.1. The van der Waals surface area contributed by atoms with E-state index in [0.717, 1.165) is 41.5 Å². The average Bonchev–Trinajstić information content (AvgIpc) is 3.08. The molecule has 0 saturated heterocycles. The molecule has 1 amide bonds. The number of para-hydroxylation sites is 1. The second-order valence-corrected chi connectivity index (χ2v) is 10.5. The van der Waals surface area contributed by atoms with Gasteiger partial charge in [0.15, 0.2) is 5.78 Å². The van der Waals surface area contributed by atoms with Crippen LogP contribution in [0, 0.1) is 0 Å². The third kappa shape index (κ3) is 7.58. The highest BCUT2D eigenvalue weighted by atomic mass is 16.5. The number of carbonyl (C=O) groups excluding carboxylic acids is 2. The van der Waals surface area contributed by atoms with E-state index in [1.54, 1.807) is 24.3 Å². The number of hydrogen-bond donors (Lipinski definition) is 3. The molecule has 0 spiro atoms. The Morgan fingerprint density at radius 1 is 0.489 bits per heavy atom. The predicted octanol–water partition coefficient (Wildman–Crippen LogP) is 6.65. The van der Waals surface area contributed by atoms with Gasteiger partial charge >= 0.3 is 17.9 Å². The number of carboxylic acids is 3. The van der Waals surface area contributed by atoms with E-state index in [9.17, 15) is 39.3 Å². The lowest BCUT2D eigenvalue weighted by Gasteiger charge is -2.24. The fourth-order valence-corrected chi connectivity index (χ4v) is 4.95. The summed E-state index contributed by atoms with van der Waals surface area (Å²) in [5, 5.41) is 28.8. The monoisotopic (exact) mass is 629 g/mol. The van der Waals surface area contributed by atoms with E-state index in [1.165, 1.54) is 11.0 Å². The van der Waals surface area contributed by atoms with Gasteiger partial charge in [-0.3, -0.25) is 9.59 Å². The Balaban J connectivity index is 1.48. The molecule has 0 heterocycles. The van der Waals surface area contributed by atoms with Gasteiger partial charge in [0.1, 0.15) is 11.5 Å². The van der Waals surface area contributed by atoms with Gasteiger partial charge in [-0.15, -0.1) is 0 Å². The van der Waals surface area contributed by atoms with Crippen molar-refractivity contribution in [3.63, 3.8) is 0 Å². The molecular weight excluding hydrogens is 602 g/mol. The second-order valence-electron chi connectivity index (χ2n) is 10.5. The van der Waals surface area contributed by atoms with E-state index < -0.39 is 40.7 Å². The molecule has 0 unspecified atom stereocenters. The molecule has 0 aliphatic rings. The number of rotatable bonds is 12. The number of amides is 1. The number of hydrogen-bond acceptors (Lipinski definition) is 6. The first-order valence-electron chi connectivity index (χ1n) is 14.3. The van der Waals surface area contributed by atoms with Gasteiger partial charge in [0.25, 0.3) is 5.91 Å². The highest BCUT2D eigenvalue weighted by Gasteiger charge is 2.26. The third-order valence-electron chi connectivity index (χ3n) is 7.26. The summed E-state index contributed by atoms with van der Waals surface area (Å²) >= 11 is 0. The molecule has 0 saturated carbocycles. The number of nitrogens with zero attached hydrogens (tertiary/aromatic N) is 1. The zero-order valence-electron chi connectivity index (χ0n) is 24.7. The van der Waals surface area contributed by atoms with Crippen LogP contribution in [-0.2, 0) is 13.1 Å². The molecule has 10 heteroatoms. The summed E-state index contributed by atoms with van der Waals surface area (Å²) in [6.45, 7) is 0.215. The van der Waals surface area contributed by atoms with Crippen LogP contribution in [0.5, 0.6) is 11.5 Å². The lowest BCUT2D eigenvalue weighted by Crippen LogP contribution is -2.31. The molecule has 0 aliphatic heterocycles. The Bertz CT molecular complexity index is 1970. The summed E-state index contributed by atoms with van der Waals surface area (Å²) in [5.74, 6) is -4.52. The van der Waals surface area contributed by atoms with Crippen molar-refractivity contribution < 1.29 is 44.0 Å². The molecular formula is C37H27NO9. The van der Waals surface area contributed by atoms with Crippen molar-refractivity contribution in [2.24, 2.45) is 0 Å². The van der Waals surface area contributed by atoms with Crippen LogP contribution in [0.2, 0.25) is 0 Å². The quantitative estimate of drug-likeness (QED) is 0.129. The van der Waals surface area contributed by atoms with Crippen LogP contribution in [0.25, 0.3) is 0 Å². The third-order valence-corrected chi connectivity index (χ3v) is 7.26. The van der Waals surface area contributed by atoms with Crippen molar-refractivity contribution in [3.05, 3.63) is 166 Å². The molecule has 5 aromatic carbocycles. The first-order valence-corrected chi connectivity index (χ1v) is 14.3. The van der Waals surface area contributed by atoms with Crippen molar-refractivity contribution in [1.29, 1.82) is 0 Å². The second kappa shape index (κ2) is 14.0. The van der Waals surface area contributed by atoms with Crippen molar-refractivity contribution in [2.75, 3.05) is 0 Å². The molecule has 3 N–H and O–H groups in total. The van der Waals surface area contributed by atoms with Crippen LogP contribution >= 0.6 is 0 Å². The lowest BCUT2D eigenvalue weighted by atomic mass is 9.95. The maximum Gasteiger partial charge on any atom is 0.336 e. The molecule has 5 aromatic rings. The molecule has 0 aliphatic carbocycles. The van der Waals surface area contributed by atoms with Crippen LogP contribution in [0.15, 0.2) is 121 Å². The van der Waals surface area contributed by atoms with Crippen molar-refractivity contribution in [3.8, 4) is 11.5 Å². The minimum absolute atomic E-state index is 0.0835. The summed E-state index contributed by atoms with van der Waals surface area (Å²) < 4.78 is 5.86. The molecule has 0 fully saturated rings. The Morgan fingerprint density at radius 2 is 0.936 bits per heavy atom. The van der Waals surface area contributed by atoms with Crippen LogP contribution in [0.4, 0.5) is 0 Å². The summed E-state index contributed by atoms with van der Waals surface area (Å²) in [6, 6.07) is 32.1. The Labute approximate surface area is 268 Å². The molecule has 47 heavy (non-hydrogen) atoms. The molecule has 234 valence electrons. The van der Waals surface area contributed by atoms with Crippen LogP contribution in [0.1, 0.15) is 68.5 Å².